The van der Waals surface area contributed by atoms with Crippen LogP contribution in [0.3, 0.4) is 0 Å². The maximum absolute atomic E-state index is 12.5. The highest BCUT2D eigenvalue weighted by atomic mass is 35.5. The number of anilines is 1. The predicted molar refractivity (Wildman–Crippen MR) is 145 cm³/mol. The van der Waals surface area contributed by atoms with E-state index in [9.17, 15) is 4.79 Å². The van der Waals surface area contributed by atoms with Crippen LogP contribution in [0.2, 0.25) is 5.02 Å². The molecule has 0 atom stereocenters. The van der Waals surface area contributed by atoms with Crippen LogP contribution in [0.5, 0.6) is 5.75 Å². The summed E-state index contributed by atoms with van der Waals surface area (Å²) in [6.07, 6.45) is 1.62. The topological polar surface area (TPSA) is 82.6 Å². The first-order valence-electron chi connectivity index (χ1n) is 11.8. The Balaban J connectivity index is 1.30. The minimum absolute atomic E-state index is 0.321. The Morgan fingerprint density at radius 1 is 1.03 bits per heavy atom. The van der Waals surface area contributed by atoms with Crippen molar-refractivity contribution in [2.75, 3.05) is 18.0 Å². The summed E-state index contributed by atoms with van der Waals surface area (Å²) in [6, 6.07) is 24.8. The zero-order valence-corrected chi connectivity index (χ0v) is 21.0. The van der Waals surface area contributed by atoms with Gasteiger partial charge in [0, 0.05) is 29.4 Å². The molecule has 4 aromatic rings. The number of nitrogens with zero attached hydrogens (tertiary/aromatic N) is 3. The first-order chi connectivity index (χ1) is 17.6. The van der Waals surface area contributed by atoms with Gasteiger partial charge in [0.2, 0.25) is 0 Å². The number of halogens is 1. The summed E-state index contributed by atoms with van der Waals surface area (Å²) in [6.45, 7) is 6.61. The van der Waals surface area contributed by atoms with Crippen LogP contribution in [-0.4, -0.2) is 35.4 Å². The molecule has 0 saturated heterocycles. The van der Waals surface area contributed by atoms with Gasteiger partial charge in [-0.05, 0) is 79.6 Å². The van der Waals surface area contributed by atoms with Gasteiger partial charge in [0.15, 0.2) is 0 Å². The summed E-state index contributed by atoms with van der Waals surface area (Å²) < 4.78 is 5.82. The molecule has 0 unspecified atom stereocenters. The summed E-state index contributed by atoms with van der Waals surface area (Å²) >= 11 is 5.92. The molecule has 184 valence electrons. The van der Waals surface area contributed by atoms with E-state index in [2.05, 4.69) is 39.5 Å². The average molecular weight is 502 g/mol. The van der Waals surface area contributed by atoms with Gasteiger partial charge in [-0.25, -0.2) is 5.43 Å². The third-order valence-corrected chi connectivity index (χ3v) is 5.94. The number of hydrogen-bond donors (Lipinski definition) is 2. The van der Waals surface area contributed by atoms with Gasteiger partial charge in [-0.15, -0.1) is 0 Å². The molecule has 3 aromatic carbocycles. The van der Waals surface area contributed by atoms with Gasteiger partial charge in [0.25, 0.3) is 5.91 Å². The van der Waals surface area contributed by atoms with Crippen molar-refractivity contribution in [2.45, 2.75) is 20.5 Å². The Kier molecular flexibility index (Phi) is 8.36. The van der Waals surface area contributed by atoms with E-state index in [-0.39, 0.29) is 5.91 Å². The minimum Gasteiger partial charge on any atom is -0.489 e. The lowest BCUT2D eigenvalue weighted by Gasteiger charge is -2.20. The third kappa shape index (κ3) is 6.52. The van der Waals surface area contributed by atoms with Crippen molar-refractivity contribution in [1.29, 1.82) is 0 Å². The lowest BCUT2D eigenvalue weighted by Crippen LogP contribution is -2.21. The van der Waals surface area contributed by atoms with Crippen molar-refractivity contribution >= 4 is 29.4 Å². The van der Waals surface area contributed by atoms with Crippen LogP contribution in [0.25, 0.3) is 11.3 Å². The number of aromatic nitrogens is 2. The number of aromatic amines is 1. The van der Waals surface area contributed by atoms with E-state index >= 15 is 0 Å². The van der Waals surface area contributed by atoms with Crippen molar-refractivity contribution in [3.63, 3.8) is 0 Å². The number of hydrogen-bond acceptors (Lipinski definition) is 5. The van der Waals surface area contributed by atoms with Gasteiger partial charge in [0.1, 0.15) is 18.1 Å². The van der Waals surface area contributed by atoms with E-state index in [0.717, 1.165) is 41.2 Å². The Labute approximate surface area is 215 Å². The number of carbonyl (C=O) groups is 1. The SMILES string of the molecule is CCN(CC)c1ccc(/C=N/NC(=O)c2cc(-c3ccc(OCc4ccc(Cl)cc4)cc3)n[nH]2)cc1. The number of rotatable bonds is 10. The molecule has 1 heterocycles. The molecule has 0 aliphatic heterocycles. The molecule has 36 heavy (non-hydrogen) atoms. The minimum atomic E-state index is -0.368. The van der Waals surface area contributed by atoms with Gasteiger partial charge in [-0.1, -0.05) is 35.9 Å². The van der Waals surface area contributed by atoms with Crippen LogP contribution in [0.15, 0.2) is 84.0 Å². The maximum atomic E-state index is 12.5. The number of benzene rings is 3. The van der Waals surface area contributed by atoms with E-state index in [1.54, 1.807) is 12.3 Å². The molecule has 0 radical (unpaired) electrons. The second-order valence-electron chi connectivity index (χ2n) is 8.07. The van der Waals surface area contributed by atoms with E-state index in [4.69, 9.17) is 16.3 Å². The van der Waals surface area contributed by atoms with Crippen LogP contribution in [-0.2, 0) is 6.61 Å². The standard InChI is InChI=1S/C28H28ClN5O2/c1-3-34(4-2)24-13-7-20(8-14-24)18-30-33-28(35)27-17-26(31-32-27)22-9-15-25(16-10-22)36-19-21-5-11-23(29)12-6-21/h5-18H,3-4,19H2,1-2H3,(H,31,32)(H,33,35)/b30-18+. The summed E-state index contributed by atoms with van der Waals surface area (Å²) in [4.78, 5) is 14.7. The van der Waals surface area contributed by atoms with Crippen LogP contribution in [0.4, 0.5) is 5.69 Å². The second kappa shape index (κ2) is 12.0. The quantitative estimate of drug-likeness (QED) is 0.209. The molecule has 0 fully saturated rings. The van der Waals surface area contributed by atoms with E-state index in [0.29, 0.717) is 23.0 Å². The average Bonchev–Trinajstić information content (AvgIpc) is 3.41. The van der Waals surface area contributed by atoms with Crippen molar-refractivity contribution in [3.05, 3.63) is 101 Å². The molecule has 1 amide bonds. The molecule has 0 aliphatic carbocycles. The summed E-state index contributed by atoms with van der Waals surface area (Å²) in [5.74, 6) is 0.370. The monoisotopic (exact) mass is 501 g/mol. The van der Waals surface area contributed by atoms with E-state index in [1.807, 2.05) is 72.8 Å². The summed E-state index contributed by atoms with van der Waals surface area (Å²) in [5.41, 5.74) is 7.46. The molecular weight excluding hydrogens is 474 g/mol. The molecular formula is C28H28ClN5O2. The zero-order valence-electron chi connectivity index (χ0n) is 20.2. The van der Waals surface area contributed by atoms with Crippen molar-refractivity contribution in [3.8, 4) is 17.0 Å². The third-order valence-electron chi connectivity index (χ3n) is 5.69. The fraction of sp³-hybridized carbons (Fsp3) is 0.179. The van der Waals surface area contributed by atoms with Gasteiger partial charge in [0.05, 0.1) is 11.9 Å². The zero-order chi connectivity index (χ0) is 25.3. The first-order valence-corrected chi connectivity index (χ1v) is 12.1. The van der Waals surface area contributed by atoms with E-state index in [1.165, 1.54) is 0 Å². The van der Waals surface area contributed by atoms with Gasteiger partial charge < -0.3 is 9.64 Å². The molecule has 7 nitrogen and oxygen atoms in total. The maximum Gasteiger partial charge on any atom is 0.289 e. The normalized spacial score (nSPS) is 11.0. The Hall–Kier alpha value is -4.10. The number of ether oxygens (including phenoxy) is 1. The molecule has 1 aromatic heterocycles. The summed E-state index contributed by atoms with van der Waals surface area (Å²) in [5, 5.41) is 11.8. The lowest BCUT2D eigenvalue weighted by molar-refractivity contribution is 0.0950. The molecule has 2 N–H and O–H groups in total. The van der Waals surface area contributed by atoms with Crippen molar-refractivity contribution in [2.24, 2.45) is 5.10 Å². The van der Waals surface area contributed by atoms with E-state index < -0.39 is 0 Å². The molecule has 0 saturated carbocycles. The number of carbonyl (C=O) groups excluding carboxylic acids is 1. The Bertz CT molecular complexity index is 1300. The number of H-pyrrole nitrogens is 1. The van der Waals surface area contributed by atoms with Crippen LogP contribution in [0, 0.1) is 0 Å². The fourth-order valence-electron chi connectivity index (χ4n) is 3.64. The van der Waals surface area contributed by atoms with Crippen LogP contribution < -0.4 is 15.1 Å². The van der Waals surface area contributed by atoms with Crippen molar-refractivity contribution in [1.82, 2.24) is 15.6 Å². The highest BCUT2D eigenvalue weighted by molar-refractivity contribution is 6.30. The lowest BCUT2D eigenvalue weighted by atomic mass is 10.1. The molecule has 0 spiro atoms. The molecule has 8 heteroatoms. The Morgan fingerprint density at radius 2 is 1.72 bits per heavy atom. The second-order valence-corrected chi connectivity index (χ2v) is 8.51. The largest absolute Gasteiger partial charge is 0.489 e. The highest BCUT2D eigenvalue weighted by Gasteiger charge is 2.11. The smallest absolute Gasteiger partial charge is 0.289 e. The van der Waals surface area contributed by atoms with Crippen LogP contribution >= 0.6 is 11.6 Å². The van der Waals surface area contributed by atoms with Gasteiger partial charge in [-0.2, -0.15) is 10.2 Å². The predicted octanol–water partition coefficient (Wildman–Crippen LogP) is 5.92. The fourth-order valence-corrected chi connectivity index (χ4v) is 3.77. The molecule has 4 rings (SSSR count). The molecule has 0 bridgehead atoms. The Morgan fingerprint density at radius 3 is 2.39 bits per heavy atom. The number of hydrazone groups is 1. The van der Waals surface area contributed by atoms with Crippen LogP contribution in [0.1, 0.15) is 35.5 Å². The molecule has 0 aliphatic rings. The number of amides is 1. The van der Waals surface area contributed by atoms with Gasteiger partial charge >= 0.3 is 0 Å². The summed E-state index contributed by atoms with van der Waals surface area (Å²) in [7, 11) is 0. The number of nitrogens with one attached hydrogen (secondary N) is 2. The highest BCUT2D eigenvalue weighted by Crippen LogP contribution is 2.22. The van der Waals surface area contributed by atoms with Gasteiger partial charge in [-0.3, -0.25) is 9.89 Å². The first kappa shape index (κ1) is 25.0. The van der Waals surface area contributed by atoms with Crippen molar-refractivity contribution < 1.29 is 9.53 Å².